The lowest BCUT2D eigenvalue weighted by Gasteiger charge is -2.30. The molecule has 3 aromatic rings. The summed E-state index contributed by atoms with van der Waals surface area (Å²) in [6.45, 7) is -1.25. The van der Waals surface area contributed by atoms with Gasteiger partial charge in [0.25, 0.3) is 21.3 Å². The van der Waals surface area contributed by atoms with E-state index in [4.69, 9.17) is 4.74 Å². The summed E-state index contributed by atoms with van der Waals surface area (Å²) in [6.07, 6.45) is -0.911. The third-order valence-corrected chi connectivity index (χ3v) is 6.72. The Bertz CT molecular complexity index is 1440. The molecule has 0 aliphatic heterocycles. The Hall–Kier alpha value is -3.88. The number of hydrogen-bond acceptors (Lipinski definition) is 8. The number of aliphatic hydroxyl groups excluding tert-OH is 1. The van der Waals surface area contributed by atoms with Crippen LogP contribution in [0.25, 0.3) is 0 Å². The second kappa shape index (κ2) is 9.94. The van der Waals surface area contributed by atoms with Crippen LogP contribution in [-0.2, 0) is 21.4 Å². The van der Waals surface area contributed by atoms with Crippen molar-refractivity contribution >= 4 is 21.4 Å². The van der Waals surface area contributed by atoms with Gasteiger partial charge in [-0.1, -0.05) is 30.3 Å². The Morgan fingerprint density at radius 1 is 1.21 bits per heavy atom. The second-order valence-corrected chi connectivity index (χ2v) is 8.71. The molecule has 3 rings (SSSR count). The van der Waals surface area contributed by atoms with E-state index in [1.165, 1.54) is 30.3 Å². The number of methoxy groups -OCH3 is 1. The number of aromatic nitrogens is 2. The first kappa shape index (κ1) is 24.8. The summed E-state index contributed by atoms with van der Waals surface area (Å²) in [4.78, 5) is 35.4. The van der Waals surface area contributed by atoms with Crippen molar-refractivity contribution in [3.05, 3.63) is 97.1 Å². The van der Waals surface area contributed by atoms with Crippen LogP contribution < -0.4 is 15.6 Å². The topological polar surface area (TPSA) is 165 Å². The molecule has 1 unspecified atom stereocenters. The van der Waals surface area contributed by atoms with Crippen LogP contribution in [0.5, 0.6) is 0 Å². The molecule has 1 aromatic heterocycles. The number of nitrogens with one attached hydrogen (secondary N) is 1. The van der Waals surface area contributed by atoms with Gasteiger partial charge in [0.15, 0.2) is 11.1 Å². The van der Waals surface area contributed by atoms with E-state index < -0.39 is 62.0 Å². The average Bonchev–Trinajstić information content (AvgIpc) is 2.82. The Balaban J connectivity index is 2.23. The number of rotatable bonds is 9. The highest BCUT2D eigenvalue weighted by atomic mass is 32.2. The van der Waals surface area contributed by atoms with E-state index in [0.29, 0.717) is 15.1 Å². The van der Waals surface area contributed by atoms with Crippen molar-refractivity contribution in [2.45, 2.75) is 17.7 Å². The number of ether oxygens (including phenoxy) is 1. The van der Waals surface area contributed by atoms with E-state index in [1.807, 2.05) is 0 Å². The lowest BCUT2D eigenvalue weighted by molar-refractivity contribution is -0.387. The van der Waals surface area contributed by atoms with Crippen LogP contribution in [0, 0.1) is 15.9 Å². The molecule has 0 aliphatic carbocycles. The molecule has 14 heteroatoms. The molecule has 0 saturated heterocycles. The van der Waals surface area contributed by atoms with Crippen LogP contribution in [0.15, 0.2) is 69.2 Å². The van der Waals surface area contributed by atoms with E-state index in [0.717, 1.165) is 19.2 Å². The summed E-state index contributed by atoms with van der Waals surface area (Å²) in [5.41, 5.74) is -2.94. The van der Waals surface area contributed by atoms with E-state index in [-0.39, 0.29) is 11.3 Å². The zero-order valence-electron chi connectivity index (χ0n) is 17.6. The lowest BCUT2D eigenvalue weighted by Crippen LogP contribution is -2.42. The highest BCUT2D eigenvalue weighted by molar-refractivity contribution is 7.93. The maximum absolute atomic E-state index is 13.9. The van der Waals surface area contributed by atoms with Crippen molar-refractivity contribution in [3.8, 4) is 0 Å². The molecular weight excluding hydrogens is 475 g/mol. The van der Waals surface area contributed by atoms with Gasteiger partial charge in [-0.05, 0) is 12.1 Å². The van der Waals surface area contributed by atoms with E-state index in [9.17, 15) is 37.6 Å². The van der Waals surface area contributed by atoms with Crippen molar-refractivity contribution in [1.82, 2.24) is 9.55 Å². The van der Waals surface area contributed by atoms with Crippen LogP contribution in [-0.4, -0.2) is 41.7 Å². The van der Waals surface area contributed by atoms with Gasteiger partial charge in [-0.3, -0.25) is 28.8 Å². The molecule has 0 aliphatic rings. The minimum absolute atomic E-state index is 0.0526. The molecule has 12 nitrogen and oxygen atoms in total. The highest BCUT2D eigenvalue weighted by Crippen LogP contribution is 2.33. The molecule has 0 radical (unpaired) electrons. The SMILES string of the molecule is COC(CN(c1ccccc1CO)S(=O)(=O)c1ccccc1[N+](=O)[O-])n1cc(F)c(=O)[nH]c1=O. The van der Waals surface area contributed by atoms with Crippen molar-refractivity contribution in [3.63, 3.8) is 0 Å². The maximum Gasteiger partial charge on any atom is 0.330 e. The number of H-pyrrole nitrogens is 1. The molecule has 0 bridgehead atoms. The quantitative estimate of drug-likeness (QED) is 0.330. The van der Waals surface area contributed by atoms with Crippen molar-refractivity contribution < 1.29 is 27.6 Å². The first-order valence-corrected chi connectivity index (χ1v) is 11.0. The fourth-order valence-electron chi connectivity index (χ4n) is 3.25. The van der Waals surface area contributed by atoms with E-state index in [2.05, 4.69) is 0 Å². The van der Waals surface area contributed by atoms with E-state index in [1.54, 1.807) is 11.1 Å². The Kier molecular flexibility index (Phi) is 7.24. The first-order valence-electron chi connectivity index (χ1n) is 9.60. The number of benzene rings is 2. The van der Waals surface area contributed by atoms with Gasteiger partial charge in [-0.25, -0.2) is 13.2 Å². The van der Waals surface area contributed by atoms with Crippen LogP contribution in [0.4, 0.5) is 15.8 Å². The van der Waals surface area contributed by atoms with Crippen LogP contribution in [0.1, 0.15) is 11.8 Å². The average molecular weight is 494 g/mol. The van der Waals surface area contributed by atoms with Crippen LogP contribution in [0.2, 0.25) is 0 Å². The van der Waals surface area contributed by atoms with Gasteiger partial charge in [0.1, 0.15) is 0 Å². The summed E-state index contributed by atoms with van der Waals surface area (Å²) in [5.74, 6) is -1.31. The third-order valence-electron chi connectivity index (χ3n) is 4.89. The molecule has 1 heterocycles. The Morgan fingerprint density at radius 3 is 2.50 bits per heavy atom. The van der Waals surface area contributed by atoms with Crippen molar-refractivity contribution in [2.24, 2.45) is 0 Å². The van der Waals surface area contributed by atoms with Crippen molar-refractivity contribution in [1.29, 1.82) is 0 Å². The number of aliphatic hydroxyl groups is 1. The number of sulfonamides is 1. The zero-order chi connectivity index (χ0) is 25.0. The minimum Gasteiger partial charge on any atom is -0.392 e. The fraction of sp³-hybridized carbons (Fsp3) is 0.200. The summed E-state index contributed by atoms with van der Waals surface area (Å²) in [5, 5.41) is 21.3. The normalized spacial score (nSPS) is 12.3. The van der Waals surface area contributed by atoms with Crippen molar-refractivity contribution in [2.75, 3.05) is 18.0 Å². The molecule has 0 saturated carbocycles. The molecule has 34 heavy (non-hydrogen) atoms. The van der Waals surface area contributed by atoms with Gasteiger partial charge < -0.3 is 9.84 Å². The molecular formula is C20H19FN4O8S. The number of halogens is 1. The fourth-order valence-corrected chi connectivity index (χ4v) is 4.91. The Labute approximate surface area is 191 Å². The number of nitro groups is 1. The number of nitro benzene ring substituents is 1. The van der Waals surface area contributed by atoms with Gasteiger partial charge in [-0.15, -0.1) is 0 Å². The van der Waals surface area contributed by atoms with Gasteiger partial charge >= 0.3 is 5.69 Å². The third kappa shape index (κ3) is 4.73. The second-order valence-electron chi connectivity index (χ2n) is 6.88. The number of aromatic amines is 1. The lowest BCUT2D eigenvalue weighted by atomic mass is 10.2. The Morgan fingerprint density at radius 2 is 1.85 bits per heavy atom. The summed E-state index contributed by atoms with van der Waals surface area (Å²) < 4.78 is 47.8. The molecule has 0 spiro atoms. The minimum atomic E-state index is -4.69. The van der Waals surface area contributed by atoms with E-state index >= 15 is 0 Å². The maximum atomic E-state index is 13.9. The van der Waals surface area contributed by atoms with Crippen LogP contribution in [0.3, 0.4) is 0 Å². The van der Waals surface area contributed by atoms with Gasteiger partial charge in [0.2, 0.25) is 5.82 Å². The largest absolute Gasteiger partial charge is 0.392 e. The van der Waals surface area contributed by atoms with Crippen LogP contribution >= 0.6 is 0 Å². The highest BCUT2D eigenvalue weighted by Gasteiger charge is 2.35. The zero-order valence-corrected chi connectivity index (χ0v) is 18.4. The predicted molar refractivity (Wildman–Crippen MR) is 117 cm³/mol. The monoisotopic (exact) mass is 494 g/mol. The first-order chi connectivity index (χ1) is 16.1. The standard InChI is InChI=1S/C20H19FN4O8S/c1-33-18(23-10-14(21)19(27)22-20(23)28)11-24(15-7-3-2-6-13(15)12-26)34(31,32)17-9-5-4-8-16(17)25(29)30/h2-10,18,26H,11-12H2,1H3,(H,22,27,28). The number of hydrogen-bond donors (Lipinski definition) is 2. The summed E-state index contributed by atoms with van der Waals surface area (Å²) >= 11 is 0. The molecule has 0 amide bonds. The summed E-state index contributed by atoms with van der Waals surface area (Å²) in [7, 11) is -3.57. The van der Waals surface area contributed by atoms with Gasteiger partial charge in [0.05, 0.1) is 30.0 Å². The smallest absolute Gasteiger partial charge is 0.330 e. The van der Waals surface area contributed by atoms with Gasteiger partial charge in [0, 0.05) is 18.7 Å². The molecule has 180 valence electrons. The number of anilines is 1. The molecule has 2 aromatic carbocycles. The predicted octanol–water partition coefficient (Wildman–Crippen LogP) is 1.12. The number of nitrogens with zero attached hydrogens (tertiary/aromatic N) is 3. The molecule has 0 fully saturated rings. The summed E-state index contributed by atoms with van der Waals surface area (Å²) in [6, 6.07) is 10.4. The van der Waals surface area contributed by atoms with Gasteiger partial charge in [-0.2, -0.15) is 4.39 Å². The number of para-hydroxylation sites is 2. The molecule has 1 atom stereocenters. The molecule has 2 N–H and O–H groups in total.